The van der Waals surface area contributed by atoms with Crippen LogP contribution in [0.3, 0.4) is 0 Å². The molecule has 3 atom stereocenters. The average Bonchev–Trinajstić information content (AvgIpc) is 3.29. The fourth-order valence-electron chi connectivity index (χ4n) is 6.11. The van der Waals surface area contributed by atoms with Crippen molar-refractivity contribution in [1.29, 1.82) is 0 Å². The predicted molar refractivity (Wildman–Crippen MR) is 132 cm³/mol. The highest BCUT2D eigenvalue weighted by atomic mass is 16.5. The Hall–Kier alpha value is -2.86. The maximum atomic E-state index is 13.7. The molecule has 3 aliphatic rings. The van der Waals surface area contributed by atoms with Crippen LogP contribution in [-0.2, 0) is 11.3 Å². The van der Waals surface area contributed by atoms with Crippen LogP contribution in [-0.4, -0.2) is 71.9 Å². The fraction of sp³-hybridized carbons (Fsp3) is 0.500. The van der Waals surface area contributed by atoms with E-state index in [4.69, 9.17) is 4.74 Å². The van der Waals surface area contributed by atoms with Crippen molar-refractivity contribution in [2.75, 3.05) is 33.3 Å². The van der Waals surface area contributed by atoms with Gasteiger partial charge < -0.3 is 14.5 Å². The molecular formula is C28H35N3O3. The van der Waals surface area contributed by atoms with Gasteiger partial charge in [0.2, 0.25) is 5.91 Å². The fourth-order valence-corrected chi connectivity index (χ4v) is 6.11. The maximum absolute atomic E-state index is 13.7. The van der Waals surface area contributed by atoms with E-state index in [1.807, 2.05) is 58.3 Å². The molecular weight excluding hydrogens is 426 g/mol. The molecule has 180 valence electrons. The lowest BCUT2D eigenvalue weighted by molar-refractivity contribution is -0.137. The number of hydrogen-bond acceptors (Lipinski definition) is 4. The molecule has 3 unspecified atom stereocenters. The quantitative estimate of drug-likeness (QED) is 0.680. The van der Waals surface area contributed by atoms with Crippen molar-refractivity contribution in [1.82, 2.24) is 14.7 Å². The monoisotopic (exact) mass is 461 g/mol. The topological polar surface area (TPSA) is 53.1 Å². The van der Waals surface area contributed by atoms with Crippen LogP contribution in [0.5, 0.6) is 5.75 Å². The van der Waals surface area contributed by atoms with Crippen LogP contribution in [0.1, 0.15) is 48.0 Å². The molecule has 6 nitrogen and oxygen atoms in total. The van der Waals surface area contributed by atoms with E-state index in [1.165, 1.54) is 12.0 Å². The summed E-state index contributed by atoms with van der Waals surface area (Å²) in [5.41, 5.74) is 1.86. The number of piperazine rings is 1. The van der Waals surface area contributed by atoms with Gasteiger partial charge in [0.25, 0.3) is 5.91 Å². The highest BCUT2D eigenvalue weighted by Crippen LogP contribution is 2.41. The standard InChI is InChI=1S/C28H35N3O3/c1-34-26-14-8-6-12-23(26)20-29-15-17-30(18-16-29)28(33)25-19-22-11-5-7-13-24(22)31(25)27(32)21-9-3-2-4-10-21/h2-4,6,8-10,12,14,22,24-25H,5,7,11,13,15-20H2,1H3. The summed E-state index contributed by atoms with van der Waals surface area (Å²) in [4.78, 5) is 33.6. The van der Waals surface area contributed by atoms with Gasteiger partial charge in [-0.05, 0) is 43.4 Å². The molecule has 0 N–H and O–H groups in total. The third-order valence-electron chi connectivity index (χ3n) is 7.90. The van der Waals surface area contributed by atoms with Gasteiger partial charge in [0, 0.05) is 49.9 Å². The molecule has 5 rings (SSSR count). The molecule has 2 aliphatic heterocycles. The van der Waals surface area contributed by atoms with Crippen LogP contribution < -0.4 is 4.74 Å². The molecule has 0 aromatic heterocycles. The number of para-hydroxylation sites is 1. The Morgan fingerprint density at radius 2 is 1.62 bits per heavy atom. The number of benzene rings is 2. The lowest BCUT2D eigenvalue weighted by Crippen LogP contribution is -2.55. The molecule has 34 heavy (non-hydrogen) atoms. The third kappa shape index (κ3) is 4.56. The number of methoxy groups -OCH3 is 1. The molecule has 0 spiro atoms. The van der Waals surface area contributed by atoms with Crippen molar-refractivity contribution in [2.24, 2.45) is 5.92 Å². The summed E-state index contributed by atoms with van der Waals surface area (Å²) in [5, 5.41) is 0. The molecule has 2 aromatic carbocycles. The zero-order valence-corrected chi connectivity index (χ0v) is 20.1. The smallest absolute Gasteiger partial charge is 0.254 e. The van der Waals surface area contributed by atoms with Gasteiger partial charge in [0.05, 0.1) is 7.11 Å². The Balaban J connectivity index is 1.27. The van der Waals surface area contributed by atoms with E-state index in [2.05, 4.69) is 11.0 Å². The van der Waals surface area contributed by atoms with Crippen LogP contribution in [0.15, 0.2) is 54.6 Å². The van der Waals surface area contributed by atoms with Gasteiger partial charge in [-0.1, -0.05) is 49.2 Å². The van der Waals surface area contributed by atoms with E-state index in [0.717, 1.165) is 51.1 Å². The number of rotatable bonds is 5. The summed E-state index contributed by atoms with van der Waals surface area (Å²) in [6.45, 7) is 3.88. The molecule has 2 heterocycles. The Bertz CT molecular complexity index is 1000. The molecule has 1 saturated carbocycles. The largest absolute Gasteiger partial charge is 0.496 e. The van der Waals surface area contributed by atoms with E-state index in [9.17, 15) is 9.59 Å². The normalized spacial score (nSPS) is 25.1. The molecule has 3 fully saturated rings. The lowest BCUT2D eigenvalue weighted by Gasteiger charge is -2.38. The van der Waals surface area contributed by atoms with E-state index in [0.29, 0.717) is 24.6 Å². The lowest BCUT2D eigenvalue weighted by atomic mass is 9.84. The predicted octanol–water partition coefficient (Wildman–Crippen LogP) is 3.81. The first-order valence-corrected chi connectivity index (χ1v) is 12.7. The van der Waals surface area contributed by atoms with Gasteiger partial charge >= 0.3 is 0 Å². The number of carbonyl (C=O) groups is 2. The van der Waals surface area contributed by atoms with E-state index in [-0.39, 0.29) is 23.9 Å². The second-order valence-corrected chi connectivity index (χ2v) is 9.86. The molecule has 2 saturated heterocycles. The van der Waals surface area contributed by atoms with Crippen LogP contribution >= 0.6 is 0 Å². The number of fused-ring (bicyclic) bond motifs is 1. The Morgan fingerprint density at radius 1 is 0.912 bits per heavy atom. The zero-order chi connectivity index (χ0) is 23.5. The van der Waals surface area contributed by atoms with Crippen molar-refractivity contribution >= 4 is 11.8 Å². The highest BCUT2D eigenvalue weighted by Gasteiger charge is 2.48. The number of carbonyl (C=O) groups excluding carboxylic acids is 2. The summed E-state index contributed by atoms with van der Waals surface area (Å²) in [7, 11) is 1.71. The van der Waals surface area contributed by atoms with E-state index < -0.39 is 0 Å². The molecule has 0 bridgehead atoms. The van der Waals surface area contributed by atoms with Gasteiger partial charge in [-0.25, -0.2) is 0 Å². The molecule has 0 radical (unpaired) electrons. The summed E-state index contributed by atoms with van der Waals surface area (Å²) >= 11 is 0. The molecule has 1 aliphatic carbocycles. The summed E-state index contributed by atoms with van der Waals surface area (Å²) < 4.78 is 5.50. The first-order valence-electron chi connectivity index (χ1n) is 12.7. The van der Waals surface area contributed by atoms with Gasteiger partial charge in [-0.15, -0.1) is 0 Å². The number of likely N-dealkylation sites (tertiary alicyclic amines) is 1. The van der Waals surface area contributed by atoms with E-state index in [1.54, 1.807) is 7.11 Å². The number of amides is 2. The summed E-state index contributed by atoms with van der Waals surface area (Å²) in [6, 6.07) is 17.5. The van der Waals surface area contributed by atoms with Gasteiger partial charge in [0.15, 0.2) is 0 Å². The Labute approximate surface area is 202 Å². The van der Waals surface area contributed by atoms with Crippen LogP contribution in [0, 0.1) is 5.92 Å². The highest BCUT2D eigenvalue weighted by molar-refractivity contribution is 5.98. The van der Waals surface area contributed by atoms with Crippen molar-refractivity contribution in [3.63, 3.8) is 0 Å². The minimum Gasteiger partial charge on any atom is -0.496 e. The van der Waals surface area contributed by atoms with Gasteiger partial charge in [0.1, 0.15) is 11.8 Å². The van der Waals surface area contributed by atoms with Crippen molar-refractivity contribution in [3.05, 3.63) is 65.7 Å². The van der Waals surface area contributed by atoms with Crippen LogP contribution in [0.2, 0.25) is 0 Å². The first-order chi connectivity index (χ1) is 16.7. The zero-order valence-electron chi connectivity index (χ0n) is 20.1. The second-order valence-electron chi connectivity index (χ2n) is 9.86. The van der Waals surface area contributed by atoms with Crippen LogP contribution in [0.4, 0.5) is 0 Å². The van der Waals surface area contributed by atoms with Crippen molar-refractivity contribution in [3.8, 4) is 5.75 Å². The average molecular weight is 462 g/mol. The number of hydrogen-bond donors (Lipinski definition) is 0. The summed E-state index contributed by atoms with van der Waals surface area (Å²) in [5.74, 6) is 1.51. The van der Waals surface area contributed by atoms with Gasteiger partial charge in [-0.3, -0.25) is 14.5 Å². The summed E-state index contributed by atoms with van der Waals surface area (Å²) in [6.07, 6.45) is 5.29. The van der Waals surface area contributed by atoms with Gasteiger partial charge in [-0.2, -0.15) is 0 Å². The maximum Gasteiger partial charge on any atom is 0.254 e. The minimum atomic E-state index is -0.332. The molecule has 2 amide bonds. The third-order valence-corrected chi connectivity index (χ3v) is 7.90. The SMILES string of the molecule is COc1ccccc1CN1CCN(C(=O)C2CC3CCCCC3N2C(=O)c2ccccc2)CC1. The minimum absolute atomic E-state index is 0.0168. The second kappa shape index (κ2) is 10.2. The number of ether oxygens (including phenoxy) is 1. The first kappa shape index (κ1) is 22.9. The molecule has 2 aromatic rings. The molecule has 6 heteroatoms. The van der Waals surface area contributed by atoms with Crippen molar-refractivity contribution in [2.45, 2.75) is 50.7 Å². The Kier molecular flexibility index (Phi) is 6.86. The van der Waals surface area contributed by atoms with Crippen LogP contribution in [0.25, 0.3) is 0 Å². The van der Waals surface area contributed by atoms with Crippen molar-refractivity contribution < 1.29 is 14.3 Å². The number of nitrogens with zero attached hydrogens (tertiary/aromatic N) is 3. The van der Waals surface area contributed by atoms with E-state index >= 15 is 0 Å². The Morgan fingerprint density at radius 3 is 2.38 bits per heavy atom.